The molecule has 1 aliphatic heterocycles. The van der Waals surface area contributed by atoms with Crippen molar-refractivity contribution in [3.8, 4) is 0 Å². The van der Waals surface area contributed by atoms with Crippen LogP contribution in [-0.2, 0) is 9.84 Å². The van der Waals surface area contributed by atoms with Crippen LogP contribution in [0.2, 0.25) is 0 Å². The number of nitrogens with zero attached hydrogens (tertiary/aromatic N) is 3. The smallest absolute Gasteiger partial charge is 0.318 e. The van der Waals surface area contributed by atoms with E-state index in [9.17, 15) is 8.42 Å². The summed E-state index contributed by atoms with van der Waals surface area (Å²) in [4.78, 5) is 1.85. The lowest BCUT2D eigenvalue weighted by Crippen LogP contribution is -2.27. The highest BCUT2D eigenvalue weighted by atomic mass is 32.2. The Hall–Kier alpha value is -1.15. The maximum Gasteiger partial charge on any atom is 0.318 e. The van der Waals surface area contributed by atoms with E-state index in [1.165, 1.54) is 0 Å². The summed E-state index contributed by atoms with van der Waals surface area (Å²) in [5, 5.41) is 11.4. The average molecular weight is 302 g/mol. The number of hydrogen-bond acceptors (Lipinski definition) is 7. The van der Waals surface area contributed by atoms with Crippen LogP contribution in [0, 0.1) is 0 Å². The molecule has 1 N–H and O–H groups in total. The maximum atomic E-state index is 11.6. The molecule has 0 saturated carbocycles. The average Bonchev–Trinajstić information content (AvgIpc) is 2.82. The van der Waals surface area contributed by atoms with Gasteiger partial charge in [0.1, 0.15) is 0 Å². The molecule has 0 aromatic carbocycles. The number of anilines is 1. The summed E-state index contributed by atoms with van der Waals surface area (Å²) in [6.07, 6.45) is 1.64. The molecule has 1 atom stereocenters. The Morgan fingerprint density at radius 3 is 2.90 bits per heavy atom. The van der Waals surface area contributed by atoms with Gasteiger partial charge >= 0.3 is 6.01 Å². The SMILES string of the molecule is CCCNC(C)c1nnc(N2CCCS(=O)(=O)CC2)o1. The molecule has 20 heavy (non-hydrogen) atoms. The van der Waals surface area contributed by atoms with Crippen molar-refractivity contribution < 1.29 is 12.8 Å². The molecule has 7 nitrogen and oxygen atoms in total. The van der Waals surface area contributed by atoms with E-state index >= 15 is 0 Å². The lowest BCUT2D eigenvalue weighted by atomic mass is 10.3. The van der Waals surface area contributed by atoms with Crippen molar-refractivity contribution in [2.75, 3.05) is 36.0 Å². The first kappa shape index (κ1) is 15.2. The molecule has 1 aromatic rings. The normalized spacial score (nSPS) is 20.6. The Labute approximate surface area is 119 Å². The first-order valence-corrected chi connectivity index (χ1v) is 8.86. The van der Waals surface area contributed by atoms with Crippen LogP contribution in [0.1, 0.15) is 38.6 Å². The van der Waals surface area contributed by atoms with E-state index in [1.807, 2.05) is 11.8 Å². The number of sulfone groups is 1. The molecule has 8 heteroatoms. The predicted octanol–water partition coefficient (Wildman–Crippen LogP) is 0.755. The number of aromatic nitrogens is 2. The van der Waals surface area contributed by atoms with Gasteiger partial charge in [-0.15, -0.1) is 5.10 Å². The van der Waals surface area contributed by atoms with Gasteiger partial charge in [-0.1, -0.05) is 12.0 Å². The maximum absolute atomic E-state index is 11.6. The quantitative estimate of drug-likeness (QED) is 0.858. The van der Waals surface area contributed by atoms with E-state index in [0.29, 0.717) is 31.4 Å². The fourth-order valence-corrected chi connectivity index (χ4v) is 3.38. The van der Waals surface area contributed by atoms with E-state index in [2.05, 4.69) is 22.4 Å². The fraction of sp³-hybridized carbons (Fsp3) is 0.833. The second-order valence-corrected chi connectivity index (χ2v) is 7.39. The molecule has 0 radical (unpaired) electrons. The van der Waals surface area contributed by atoms with Gasteiger partial charge in [-0.2, -0.15) is 0 Å². The molecule has 1 unspecified atom stereocenters. The van der Waals surface area contributed by atoms with Crippen LogP contribution in [0.25, 0.3) is 0 Å². The Kier molecular flexibility index (Phi) is 4.98. The molecule has 2 heterocycles. The van der Waals surface area contributed by atoms with Crippen LogP contribution in [0.5, 0.6) is 0 Å². The highest BCUT2D eigenvalue weighted by molar-refractivity contribution is 7.91. The summed E-state index contributed by atoms with van der Waals surface area (Å²) in [6.45, 7) is 6.01. The highest BCUT2D eigenvalue weighted by Gasteiger charge is 2.23. The van der Waals surface area contributed by atoms with Crippen molar-refractivity contribution in [2.45, 2.75) is 32.7 Å². The van der Waals surface area contributed by atoms with E-state index in [1.54, 1.807) is 0 Å². The summed E-state index contributed by atoms with van der Waals surface area (Å²) < 4.78 is 28.8. The largest absolute Gasteiger partial charge is 0.406 e. The van der Waals surface area contributed by atoms with Crippen molar-refractivity contribution in [3.63, 3.8) is 0 Å². The van der Waals surface area contributed by atoms with Gasteiger partial charge in [0.05, 0.1) is 17.5 Å². The highest BCUT2D eigenvalue weighted by Crippen LogP contribution is 2.19. The third-order valence-corrected chi connectivity index (χ3v) is 5.04. The minimum Gasteiger partial charge on any atom is -0.406 e. The number of hydrogen-bond donors (Lipinski definition) is 1. The minimum atomic E-state index is -2.93. The minimum absolute atomic E-state index is 0.00640. The van der Waals surface area contributed by atoms with Crippen LogP contribution >= 0.6 is 0 Å². The molecule has 114 valence electrons. The molecule has 0 bridgehead atoms. The van der Waals surface area contributed by atoms with E-state index in [-0.39, 0.29) is 17.5 Å². The van der Waals surface area contributed by atoms with Crippen molar-refractivity contribution in [3.05, 3.63) is 5.89 Å². The molecule has 1 aliphatic rings. The monoisotopic (exact) mass is 302 g/mol. The Bertz CT molecular complexity index is 529. The molecule has 2 rings (SSSR count). The molecule has 0 aliphatic carbocycles. The van der Waals surface area contributed by atoms with E-state index in [0.717, 1.165) is 13.0 Å². The predicted molar refractivity (Wildman–Crippen MR) is 76.5 cm³/mol. The topological polar surface area (TPSA) is 88.3 Å². The van der Waals surface area contributed by atoms with Gasteiger partial charge in [-0.25, -0.2) is 8.42 Å². The van der Waals surface area contributed by atoms with Crippen molar-refractivity contribution >= 4 is 15.9 Å². The van der Waals surface area contributed by atoms with Gasteiger partial charge in [0.25, 0.3) is 0 Å². The summed E-state index contributed by atoms with van der Waals surface area (Å²) in [5.41, 5.74) is 0. The Morgan fingerprint density at radius 2 is 2.15 bits per heavy atom. The van der Waals surface area contributed by atoms with Gasteiger partial charge < -0.3 is 14.6 Å². The molecule has 1 saturated heterocycles. The summed E-state index contributed by atoms with van der Waals surface area (Å²) >= 11 is 0. The van der Waals surface area contributed by atoms with Crippen molar-refractivity contribution in [1.29, 1.82) is 0 Å². The Balaban J connectivity index is 2.01. The van der Waals surface area contributed by atoms with Crippen LogP contribution in [0.4, 0.5) is 6.01 Å². The standard InChI is InChI=1S/C12H22N4O3S/c1-3-5-13-10(2)11-14-15-12(19-11)16-6-4-8-20(17,18)9-7-16/h10,13H,3-9H2,1-2H3. The zero-order chi connectivity index (χ0) is 14.6. The Morgan fingerprint density at radius 1 is 1.35 bits per heavy atom. The van der Waals surface area contributed by atoms with Gasteiger partial charge in [0.15, 0.2) is 9.84 Å². The molecule has 0 amide bonds. The van der Waals surface area contributed by atoms with Crippen LogP contribution < -0.4 is 10.2 Å². The van der Waals surface area contributed by atoms with Gasteiger partial charge in [-0.3, -0.25) is 0 Å². The number of nitrogens with one attached hydrogen (secondary N) is 1. The van der Waals surface area contributed by atoms with Gasteiger partial charge in [-0.05, 0) is 26.3 Å². The lowest BCUT2D eigenvalue weighted by Gasteiger charge is -2.16. The molecule has 1 fully saturated rings. The summed E-state index contributed by atoms with van der Waals surface area (Å²) in [6, 6.07) is 0.425. The molecular formula is C12H22N4O3S. The summed E-state index contributed by atoms with van der Waals surface area (Å²) in [5.74, 6) is 0.924. The second-order valence-electron chi connectivity index (χ2n) is 5.09. The first-order chi connectivity index (χ1) is 9.52. The zero-order valence-electron chi connectivity index (χ0n) is 12.0. The second kappa shape index (κ2) is 6.53. The van der Waals surface area contributed by atoms with Crippen molar-refractivity contribution in [2.24, 2.45) is 0 Å². The molecule has 0 spiro atoms. The van der Waals surface area contributed by atoms with E-state index < -0.39 is 9.84 Å². The van der Waals surface area contributed by atoms with Crippen LogP contribution in [0.3, 0.4) is 0 Å². The van der Waals surface area contributed by atoms with E-state index in [4.69, 9.17) is 4.42 Å². The molecular weight excluding hydrogens is 280 g/mol. The lowest BCUT2D eigenvalue weighted by molar-refractivity contribution is 0.414. The third-order valence-electron chi connectivity index (χ3n) is 3.33. The third kappa shape index (κ3) is 3.92. The van der Waals surface area contributed by atoms with Gasteiger partial charge in [0.2, 0.25) is 5.89 Å². The fourth-order valence-electron chi connectivity index (χ4n) is 2.11. The van der Waals surface area contributed by atoms with Crippen LogP contribution in [-0.4, -0.2) is 49.8 Å². The summed E-state index contributed by atoms with van der Waals surface area (Å²) in [7, 11) is -2.93. The molecule has 1 aromatic heterocycles. The number of rotatable bonds is 5. The first-order valence-electron chi connectivity index (χ1n) is 7.04. The van der Waals surface area contributed by atoms with Crippen molar-refractivity contribution in [1.82, 2.24) is 15.5 Å². The van der Waals surface area contributed by atoms with Gasteiger partial charge in [0, 0.05) is 13.1 Å². The zero-order valence-corrected chi connectivity index (χ0v) is 12.8. The van der Waals surface area contributed by atoms with Crippen LogP contribution in [0.15, 0.2) is 4.42 Å².